The molecule has 0 saturated heterocycles. The molecule has 0 aliphatic rings. The summed E-state index contributed by atoms with van der Waals surface area (Å²) in [7, 11) is -4.81. The standard InChI is InChI=1S/Al.FH2O4P.Li.H4Si.4H/c;1-5-6(2,3)4;;;;;;/h;(H2,2,3,4);;1H4;;;;/q;;+1;;;;;-1. The van der Waals surface area contributed by atoms with E-state index in [0.29, 0.717) is 0 Å². The predicted molar refractivity (Wildman–Crippen MR) is 36.6 cm³/mol. The molecule has 0 unspecified atom stereocenters. The molecule has 0 heterocycles. The van der Waals surface area contributed by atoms with Crippen molar-refractivity contribution < 1.29 is 43.9 Å². The summed E-state index contributed by atoms with van der Waals surface area (Å²) in [5.41, 5.74) is 0. The first-order chi connectivity index (χ1) is 2.56. The van der Waals surface area contributed by atoms with Gasteiger partial charge in [-0.15, -0.1) is 0 Å². The predicted octanol–water partition coefficient (Wildman–Crippen LogP) is -5.54. The van der Waals surface area contributed by atoms with Crippen LogP contribution in [0.3, 0.4) is 0 Å². The van der Waals surface area contributed by atoms with Gasteiger partial charge < -0.3 is 11.2 Å². The Labute approximate surface area is 80.1 Å². The van der Waals surface area contributed by atoms with Crippen molar-refractivity contribution in [3.05, 3.63) is 0 Å². The first-order valence-electron chi connectivity index (χ1n) is 0.919. The van der Waals surface area contributed by atoms with E-state index in [1.54, 1.807) is 0 Å². The normalized spacial score (nSPS) is 7.89. The van der Waals surface area contributed by atoms with Crippen LogP contribution < -0.4 is 18.9 Å². The molecular formula is H10AlFLiO4PSi. The molecule has 9 heteroatoms. The molecule has 0 atom stereocenters. The Morgan fingerprint density at radius 3 is 1.67 bits per heavy atom. The fraction of sp³-hybridized carbons (Fsp3) is 0. The summed E-state index contributed by atoms with van der Waals surface area (Å²) >= 11 is 0. The summed E-state index contributed by atoms with van der Waals surface area (Å²) in [5.74, 6) is 0. The van der Waals surface area contributed by atoms with Gasteiger partial charge in [0, 0.05) is 0 Å². The zero-order valence-corrected chi connectivity index (χ0v) is 4.43. The van der Waals surface area contributed by atoms with E-state index >= 15 is 0 Å². The van der Waals surface area contributed by atoms with Crippen molar-refractivity contribution in [1.82, 2.24) is 0 Å². The minimum atomic E-state index is -4.81. The molecule has 2 N–H and O–H groups in total. The summed E-state index contributed by atoms with van der Waals surface area (Å²) in [4.78, 5) is 14.7. The molecule has 54 valence electrons. The Hall–Kier alpha value is 1.39. The van der Waals surface area contributed by atoms with Crippen LogP contribution in [0.2, 0.25) is 0 Å². The van der Waals surface area contributed by atoms with E-state index in [1.807, 2.05) is 0 Å². The van der Waals surface area contributed by atoms with Gasteiger partial charge in [0.15, 0.2) is 17.4 Å². The zero-order valence-electron chi connectivity index (χ0n) is 4.54. The monoisotopic (exact) mass is 186 g/mol. The average Bonchev–Trinajstić information content (AvgIpc) is 1.35. The molecule has 0 rings (SSSR count). The van der Waals surface area contributed by atoms with Gasteiger partial charge in [0.2, 0.25) is 0 Å². The van der Waals surface area contributed by atoms with Gasteiger partial charge in [-0.3, -0.25) is 0 Å². The van der Waals surface area contributed by atoms with E-state index < -0.39 is 7.82 Å². The van der Waals surface area contributed by atoms with Crippen molar-refractivity contribution in [1.29, 1.82) is 0 Å². The SMILES string of the molecule is O=P(O)(O)OF.[AlH3].[H-].[Li+].[SiH4]. The fourth-order valence-electron chi connectivity index (χ4n) is 0. The zero-order chi connectivity index (χ0) is 5.21. The van der Waals surface area contributed by atoms with Gasteiger partial charge in [0.05, 0.1) is 0 Å². The second-order valence-electron chi connectivity index (χ2n) is 0.560. The van der Waals surface area contributed by atoms with Crippen molar-refractivity contribution >= 4 is 36.1 Å². The van der Waals surface area contributed by atoms with Gasteiger partial charge >= 0.3 is 26.7 Å². The second-order valence-corrected chi connectivity index (χ2v) is 1.68. The summed E-state index contributed by atoms with van der Waals surface area (Å²) < 4.78 is 21.4. The molecule has 0 aromatic heterocycles. The van der Waals surface area contributed by atoms with Gasteiger partial charge in [0.1, 0.15) is 0 Å². The number of halogens is 1. The molecule has 4 nitrogen and oxygen atoms in total. The smallest absolute Gasteiger partial charge is 1.00 e. The maximum atomic E-state index is 10.2. The average molecular weight is 186 g/mol. The molecule has 0 amide bonds. The molecule has 0 radical (unpaired) electrons. The molecule has 0 aromatic carbocycles. The van der Waals surface area contributed by atoms with E-state index in [2.05, 4.69) is 4.73 Å². The van der Waals surface area contributed by atoms with Gasteiger partial charge in [0.25, 0.3) is 0 Å². The van der Waals surface area contributed by atoms with Crippen LogP contribution in [0.1, 0.15) is 1.43 Å². The Morgan fingerprint density at radius 2 is 1.67 bits per heavy atom. The molecule has 0 spiro atoms. The number of phosphoric acid groups is 1. The molecule has 0 aromatic rings. The molecule has 0 fully saturated rings. The molecular weight excluding hydrogens is 176 g/mol. The Morgan fingerprint density at radius 1 is 1.56 bits per heavy atom. The van der Waals surface area contributed by atoms with Crippen LogP contribution in [0.5, 0.6) is 0 Å². The van der Waals surface area contributed by atoms with Gasteiger partial charge in [-0.25, -0.2) is 4.57 Å². The quantitative estimate of drug-likeness (QED) is 0.316. The summed E-state index contributed by atoms with van der Waals surface area (Å²) in [6.45, 7) is 0. The molecule has 0 saturated carbocycles. The van der Waals surface area contributed by atoms with E-state index in [4.69, 9.17) is 14.4 Å². The van der Waals surface area contributed by atoms with Crippen LogP contribution in [-0.4, -0.2) is 38.1 Å². The topological polar surface area (TPSA) is 66.8 Å². The number of rotatable bonds is 1. The third-order valence-corrected chi connectivity index (χ3v) is 0.270. The minimum Gasteiger partial charge on any atom is -1.00 e. The number of hydrogen-bond acceptors (Lipinski definition) is 2. The second kappa shape index (κ2) is 9.39. The van der Waals surface area contributed by atoms with E-state index in [0.717, 1.165) is 0 Å². The van der Waals surface area contributed by atoms with Crippen LogP contribution >= 0.6 is 7.82 Å². The summed E-state index contributed by atoms with van der Waals surface area (Å²) in [5, 5.41) is 0. The molecule has 0 bridgehead atoms. The van der Waals surface area contributed by atoms with Crippen molar-refractivity contribution in [3.8, 4) is 0 Å². The van der Waals surface area contributed by atoms with Crippen LogP contribution in [-0.2, 0) is 9.29 Å². The summed E-state index contributed by atoms with van der Waals surface area (Å²) in [6, 6.07) is 0. The Kier molecular flexibility index (Phi) is 23.4. The molecule has 0 aliphatic heterocycles. The minimum absolute atomic E-state index is 0. The van der Waals surface area contributed by atoms with Gasteiger partial charge in [-0.1, -0.05) is 4.73 Å². The summed E-state index contributed by atoms with van der Waals surface area (Å²) in [6.07, 6.45) is 0. The van der Waals surface area contributed by atoms with Crippen molar-refractivity contribution in [2.75, 3.05) is 0 Å². The van der Waals surface area contributed by atoms with E-state index in [-0.39, 0.29) is 48.6 Å². The Balaban J connectivity index is -0.0000000208. The van der Waals surface area contributed by atoms with Crippen LogP contribution in [0.25, 0.3) is 0 Å². The first-order valence-corrected chi connectivity index (χ1v) is 2.45. The van der Waals surface area contributed by atoms with Crippen LogP contribution in [0.15, 0.2) is 0 Å². The molecule has 9 heavy (non-hydrogen) atoms. The van der Waals surface area contributed by atoms with Crippen LogP contribution in [0, 0.1) is 0 Å². The van der Waals surface area contributed by atoms with Crippen LogP contribution in [0.4, 0.5) is 4.53 Å². The third-order valence-electron chi connectivity index (χ3n) is 0.0899. The maximum Gasteiger partial charge on any atom is 1.00 e. The van der Waals surface area contributed by atoms with Crippen molar-refractivity contribution in [2.24, 2.45) is 0 Å². The number of hydrogen-bond donors (Lipinski definition) is 2. The first kappa shape index (κ1) is 22.4. The third kappa shape index (κ3) is 26.6. The van der Waals surface area contributed by atoms with Gasteiger partial charge in [-0.05, 0) is 15.5 Å². The molecule has 0 aliphatic carbocycles. The maximum absolute atomic E-state index is 10.2. The Bertz CT molecular complexity index is 89.3. The fourth-order valence-corrected chi connectivity index (χ4v) is 0. The van der Waals surface area contributed by atoms with E-state index in [1.165, 1.54) is 0 Å². The van der Waals surface area contributed by atoms with E-state index in [9.17, 15) is 4.53 Å². The van der Waals surface area contributed by atoms with Crippen molar-refractivity contribution in [2.45, 2.75) is 0 Å². The van der Waals surface area contributed by atoms with Gasteiger partial charge in [-0.2, -0.15) is 0 Å². The largest absolute Gasteiger partial charge is 1.00 e. The van der Waals surface area contributed by atoms with Crippen molar-refractivity contribution in [3.63, 3.8) is 0 Å².